The quantitative estimate of drug-likeness (QED) is 0.622. The van der Waals surface area contributed by atoms with E-state index in [4.69, 9.17) is 4.74 Å². The summed E-state index contributed by atoms with van der Waals surface area (Å²) in [7, 11) is 1.57. The second-order valence-corrected chi connectivity index (χ2v) is 4.21. The Morgan fingerprint density at radius 1 is 1.11 bits per heavy atom. The summed E-state index contributed by atoms with van der Waals surface area (Å²) in [5.74, 6) is 0.541. The smallest absolute Gasteiger partial charge is 0.194 e. The summed E-state index contributed by atoms with van der Waals surface area (Å²) in [5.41, 5.74) is 2.21. The molecule has 0 spiro atoms. The number of hydrogen-bond donors (Lipinski definition) is 0. The molecule has 19 heavy (non-hydrogen) atoms. The molecule has 0 aliphatic carbocycles. The summed E-state index contributed by atoms with van der Waals surface area (Å²) in [6.07, 6.45) is 0.712. The van der Waals surface area contributed by atoms with Crippen molar-refractivity contribution in [3.63, 3.8) is 0 Å². The Kier molecular flexibility index (Phi) is 3.76. The van der Waals surface area contributed by atoms with E-state index in [1.807, 2.05) is 13.0 Å². The summed E-state index contributed by atoms with van der Waals surface area (Å²) >= 11 is 0. The van der Waals surface area contributed by atoms with E-state index in [0.29, 0.717) is 28.7 Å². The molecule has 0 heterocycles. The molecule has 0 radical (unpaired) electrons. The molecule has 0 aliphatic heterocycles. The summed E-state index contributed by atoms with van der Waals surface area (Å²) in [5, 5.41) is 0. The van der Waals surface area contributed by atoms with E-state index in [1.165, 1.54) is 0 Å². The van der Waals surface area contributed by atoms with Gasteiger partial charge in [-0.2, -0.15) is 0 Å². The molecular weight excluding hydrogens is 240 g/mol. The number of aryl methyl sites for hydroxylation is 1. The van der Waals surface area contributed by atoms with Gasteiger partial charge < -0.3 is 4.74 Å². The molecular formula is C16H14O3. The van der Waals surface area contributed by atoms with Crippen LogP contribution in [0.1, 0.15) is 31.8 Å². The highest BCUT2D eigenvalue weighted by atomic mass is 16.5. The first-order valence-corrected chi connectivity index (χ1v) is 5.91. The Labute approximate surface area is 111 Å². The molecule has 96 valence electrons. The van der Waals surface area contributed by atoms with Crippen LogP contribution in [0.5, 0.6) is 5.75 Å². The van der Waals surface area contributed by atoms with Crippen molar-refractivity contribution in [3.8, 4) is 5.75 Å². The SMILES string of the molecule is COc1ccc(C(=O)c2c(C)cccc2C=O)cc1. The molecule has 0 amide bonds. The molecule has 2 aromatic carbocycles. The largest absolute Gasteiger partial charge is 0.497 e. The van der Waals surface area contributed by atoms with Gasteiger partial charge in [-0.15, -0.1) is 0 Å². The first-order chi connectivity index (χ1) is 9.17. The van der Waals surface area contributed by atoms with Gasteiger partial charge in [-0.25, -0.2) is 0 Å². The second-order valence-electron chi connectivity index (χ2n) is 4.21. The average molecular weight is 254 g/mol. The highest BCUT2D eigenvalue weighted by Crippen LogP contribution is 2.19. The fourth-order valence-electron chi connectivity index (χ4n) is 1.99. The number of hydrogen-bond acceptors (Lipinski definition) is 3. The van der Waals surface area contributed by atoms with E-state index in [2.05, 4.69) is 0 Å². The van der Waals surface area contributed by atoms with Crippen LogP contribution in [0, 0.1) is 6.92 Å². The molecule has 3 heteroatoms. The number of rotatable bonds is 4. The summed E-state index contributed by atoms with van der Waals surface area (Å²) in [6.45, 7) is 1.82. The number of methoxy groups -OCH3 is 1. The third-order valence-electron chi connectivity index (χ3n) is 3.01. The molecule has 0 aliphatic rings. The second kappa shape index (κ2) is 5.48. The van der Waals surface area contributed by atoms with Crippen LogP contribution in [0.4, 0.5) is 0 Å². The zero-order valence-corrected chi connectivity index (χ0v) is 10.8. The third-order valence-corrected chi connectivity index (χ3v) is 3.01. The number of carbonyl (C=O) groups is 2. The topological polar surface area (TPSA) is 43.4 Å². The lowest BCUT2D eigenvalue weighted by molar-refractivity contribution is 0.102. The number of ether oxygens (including phenoxy) is 1. The predicted octanol–water partition coefficient (Wildman–Crippen LogP) is 3.05. The van der Waals surface area contributed by atoms with Crippen LogP contribution in [-0.2, 0) is 0 Å². The van der Waals surface area contributed by atoms with Gasteiger partial charge in [0.1, 0.15) is 5.75 Å². The molecule has 0 bridgehead atoms. The first-order valence-electron chi connectivity index (χ1n) is 5.91. The molecule has 0 fully saturated rings. The van der Waals surface area contributed by atoms with Gasteiger partial charge in [0.2, 0.25) is 0 Å². The first kappa shape index (κ1) is 13.0. The van der Waals surface area contributed by atoms with Crippen LogP contribution in [-0.4, -0.2) is 19.2 Å². The highest BCUT2D eigenvalue weighted by Gasteiger charge is 2.15. The fraction of sp³-hybridized carbons (Fsp3) is 0.125. The van der Waals surface area contributed by atoms with Crippen molar-refractivity contribution in [1.82, 2.24) is 0 Å². The average Bonchev–Trinajstić information content (AvgIpc) is 2.46. The van der Waals surface area contributed by atoms with Crippen LogP contribution in [0.25, 0.3) is 0 Å². The minimum absolute atomic E-state index is 0.150. The Bertz CT molecular complexity index is 612. The van der Waals surface area contributed by atoms with Gasteiger partial charge in [-0.05, 0) is 36.8 Å². The van der Waals surface area contributed by atoms with E-state index in [1.54, 1.807) is 43.5 Å². The van der Waals surface area contributed by atoms with Crippen LogP contribution >= 0.6 is 0 Å². The Balaban J connectivity index is 2.46. The van der Waals surface area contributed by atoms with Crippen molar-refractivity contribution in [1.29, 1.82) is 0 Å². The molecule has 2 aromatic rings. The predicted molar refractivity (Wildman–Crippen MR) is 73.0 cm³/mol. The maximum absolute atomic E-state index is 12.4. The molecule has 0 atom stereocenters. The maximum Gasteiger partial charge on any atom is 0.194 e. The highest BCUT2D eigenvalue weighted by molar-refractivity contribution is 6.13. The van der Waals surface area contributed by atoms with Crippen LogP contribution in [0.3, 0.4) is 0 Å². The lowest BCUT2D eigenvalue weighted by atomic mass is 9.95. The molecule has 2 rings (SSSR count). The summed E-state index contributed by atoms with van der Waals surface area (Å²) in [6, 6.07) is 12.1. The zero-order valence-electron chi connectivity index (χ0n) is 10.8. The van der Waals surface area contributed by atoms with E-state index in [-0.39, 0.29) is 5.78 Å². The van der Waals surface area contributed by atoms with Crippen molar-refractivity contribution in [2.75, 3.05) is 7.11 Å². The van der Waals surface area contributed by atoms with E-state index >= 15 is 0 Å². The van der Waals surface area contributed by atoms with Gasteiger partial charge in [-0.3, -0.25) is 9.59 Å². The van der Waals surface area contributed by atoms with E-state index in [9.17, 15) is 9.59 Å². The van der Waals surface area contributed by atoms with Crippen molar-refractivity contribution < 1.29 is 14.3 Å². The van der Waals surface area contributed by atoms with Gasteiger partial charge in [0.15, 0.2) is 12.1 Å². The summed E-state index contributed by atoms with van der Waals surface area (Å²) in [4.78, 5) is 23.5. The Morgan fingerprint density at radius 3 is 2.37 bits per heavy atom. The molecule has 0 aromatic heterocycles. The van der Waals surface area contributed by atoms with Gasteiger partial charge in [0.05, 0.1) is 7.11 Å². The number of carbonyl (C=O) groups excluding carboxylic acids is 2. The van der Waals surface area contributed by atoms with Gasteiger partial charge >= 0.3 is 0 Å². The zero-order chi connectivity index (χ0) is 13.8. The Hall–Kier alpha value is -2.42. The van der Waals surface area contributed by atoms with Crippen LogP contribution in [0.2, 0.25) is 0 Å². The number of benzene rings is 2. The molecule has 0 saturated carbocycles. The van der Waals surface area contributed by atoms with Crippen molar-refractivity contribution in [2.24, 2.45) is 0 Å². The molecule has 0 unspecified atom stereocenters. The van der Waals surface area contributed by atoms with E-state index in [0.717, 1.165) is 5.56 Å². The third kappa shape index (κ3) is 2.55. The Morgan fingerprint density at radius 2 is 1.79 bits per heavy atom. The van der Waals surface area contributed by atoms with Crippen LogP contribution < -0.4 is 4.74 Å². The minimum atomic E-state index is -0.150. The standard InChI is InChI=1S/C16H14O3/c1-11-4-3-5-13(10-17)15(11)16(18)12-6-8-14(19-2)9-7-12/h3-10H,1-2H3. The lowest BCUT2D eigenvalue weighted by Gasteiger charge is -2.08. The number of ketones is 1. The molecule has 0 N–H and O–H groups in total. The van der Waals surface area contributed by atoms with Crippen molar-refractivity contribution in [3.05, 3.63) is 64.7 Å². The van der Waals surface area contributed by atoms with Crippen molar-refractivity contribution >= 4 is 12.1 Å². The molecule has 0 saturated heterocycles. The summed E-state index contributed by atoms with van der Waals surface area (Å²) < 4.78 is 5.06. The van der Waals surface area contributed by atoms with Crippen LogP contribution in [0.15, 0.2) is 42.5 Å². The fourth-order valence-corrected chi connectivity index (χ4v) is 1.99. The lowest BCUT2D eigenvalue weighted by Crippen LogP contribution is -2.07. The maximum atomic E-state index is 12.4. The normalized spacial score (nSPS) is 10.0. The van der Waals surface area contributed by atoms with E-state index < -0.39 is 0 Å². The number of aldehydes is 1. The van der Waals surface area contributed by atoms with Gasteiger partial charge in [-0.1, -0.05) is 18.2 Å². The monoisotopic (exact) mass is 254 g/mol. The molecule has 3 nitrogen and oxygen atoms in total. The van der Waals surface area contributed by atoms with Gasteiger partial charge in [0.25, 0.3) is 0 Å². The van der Waals surface area contributed by atoms with Crippen molar-refractivity contribution in [2.45, 2.75) is 6.92 Å². The van der Waals surface area contributed by atoms with Gasteiger partial charge in [0, 0.05) is 16.7 Å². The minimum Gasteiger partial charge on any atom is -0.497 e.